The van der Waals surface area contributed by atoms with Crippen LogP contribution in [0.2, 0.25) is 0 Å². The molecule has 0 radical (unpaired) electrons. The van der Waals surface area contributed by atoms with Crippen molar-refractivity contribution in [2.45, 2.75) is 32.5 Å². The predicted molar refractivity (Wildman–Crippen MR) is 79.0 cm³/mol. The molecular formula is C13H22N2S2. The molecule has 96 valence electrons. The second-order valence-corrected chi connectivity index (χ2v) is 7.25. The Morgan fingerprint density at radius 2 is 2.35 bits per heavy atom. The van der Waals surface area contributed by atoms with E-state index < -0.39 is 0 Å². The average molecular weight is 270 g/mol. The van der Waals surface area contributed by atoms with Gasteiger partial charge in [-0.3, -0.25) is 4.90 Å². The molecule has 2 heterocycles. The van der Waals surface area contributed by atoms with Crippen molar-refractivity contribution in [3.05, 3.63) is 21.4 Å². The Bertz CT molecular complexity index is 356. The fraction of sp³-hybridized carbons (Fsp3) is 0.692. The molecule has 1 aromatic rings. The molecule has 1 N–H and O–H groups in total. The summed E-state index contributed by atoms with van der Waals surface area (Å²) < 4.78 is 0. The van der Waals surface area contributed by atoms with Crippen molar-refractivity contribution in [3.63, 3.8) is 0 Å². The van der Waals surface area contributed by atoms with Gasteiger partial charge in [0, 0.05) is 34.6 Å². The summed E-state index contributed by atoms with van der Waals surface area (Å²) in [5, 5.41) is 3.23. The Hall–Kier alpha value is -0.0300. The average Bonchev–Trinajstić information content (AvgIpc) is 2.90. The van der Waals surface area contributed by atoms with E-state index >= 15 is 0 Å². The number of hydrogen-bond acceptors (Lipinski definition) is 4. The van der Waals surface area contributed by atoms with Crippen molar-refractivity contribution in [1.82, 2.24) is 10.2 Å². The van der Waals surface area contributed by atoms with Crippen LogP contribution in [0.15, 0.2) is 6.07 Å². The zero-order chi connectivity index (χ0) is 12.3. The van der Waals surface area contributed by atoms with E-state index in [1.54, 1.807) is 0 Å². The molecule has 1 saturated heterocycles. The van der Waals surface area contributed by atoms with E-state index in [9.17, 15) is 0 Å². The molecule has 17 heavy (non-hydrogen) atoms. The number of thioether (sulfide) groups is 1. The first-order valence-electron chi connectivity index (χ1n) is 6.21. The normalized spacial score (nSPS) is 20.4. The van der Waals surface area contributed by atoms with Crippen LogP contribution < -0.4 is 5.32 Å². The summed E-state index contributed by atoms with van der Waals surface area (Å²) in [7, 11) is 4.28. The molecule has 1 unspecified atom stereocenters. The van der Waals surface area contributed by atoms with Gasteiger partial charge in [0.1, 0.15) is 0 Å². The molecule has 1 aliphatic heterocycles. The maximum Gasteiger partial charge on any atom is 0.0296 e. The van der Waals surface area contributed by atoms with Crippen molar-refractivity contribution >= 4 is 23.1 Å². The van der Waals surface area contributed by atoms with Gasteiger partial charge in [0.25, 0.3) is 0 Å². The van der Waals surface area contributed by atoms with Gasteiger partial charge >= 0.3 is 0 Å². The monoisotopic (exact) mass is 270 g/mol. The lowest BCUT2D eigenvalue weighted by molar-refractivity contribution is 0.254. The summed E-state index contributed by atoms with van der Waals surface area (Å²) in [4.78, 5) is 5.46. The van der Waals surface area contributed by atoms with Crippen LogP contribution in [0.25, 0.3) is 0 Å². The number of aryl methyl sites for hydroxylation is 1. The van der Waals surface area contributed by atoms with Gasteiger partial charge in [-0.15, -0.1) is 11.3 Å². The molecule has 2 nitrogen and oxygen atoms in total. The number of hydrogen-bond donors (Lipinski definition) is 1. The van der Waals surface area contributed by atoms with Gasteiger partial charge in [-0.25, -0.2) is 0 Å². The van der Waals surface area contributed by atoms with E-state index in [0.29, 0.717) is 0 Å². The SMILES string of the molecule is CNCc1cc(CN(C)C2CCSC2)c(C)s1. The van der Waals surface area contributed by atoms with Crippen molar-refractivity contribution in [2.24, 2.45) is 0 Å². The highest BCUT2D eigenvalue weighted by molar-refractivity contribution is 7.99. The predicted octanol–water partition coefficient (Wildman–Crippen LogP) is 2.71. The molecule has 0 amide bonds. The molecule has 1 atom stereocenters. The highest BCUT2D eigenvalue weighted by atomic mass is 32.2. The van der Waals surface area contributed by atoms with Gasteiger partial charge in [-0.2, -0.15) is 11.8 Å². The molecule has 2 rings (SSSR count). The van der Waals surface area contributed by atoms with Crippen LogP contribution in [0.3, 0.4) is 0 Å². The zero-order valence-electron chi connectivity index (χ0n) is 11.0. The Labute approximate surface area is 113 Å². The molecular weight excluding hydrogens is 248 g/mol. The van der Waals surface area contributed by atoms with E-state index in [1.165, 1.54) is 33.2 Å². The minimum Gasteiger partial charge on any atom is -0.315 e. The molecule has 0 spiro atoms. The maximum atomic E-state index is 3.23. The van der Waals surface area contributed by atoms with Crippen LogP contribution >= 0.6 is 23.1 Å². The lowest BCUT2D eigenvalue weighted by atomic mass is 10.2. The first-order chi connectivity index (χ1) is 8.20. The summed E-state index contributed by atoms with van der Waals surface area (Å²) in [6.07, 6.45) is 1.35. The minimum absolute atomic E-state index is 0.784. The Balaban J connectivity index is 1.97. The smallest absolute Gasteiger partial charge is 0.0296 e. The first kappa shape index (κ1) is 13.4. The van der Waals surface area contributed by atoms with Crippen LogP contribution in [0.5, 0.6) is 0 Å². The van der Waals surface area contributed by atoms with Crippen LogP contribution in [0, 0.1) is 6.92 Å². The van der Waals surface area contributed by atoms with Gasteiger partial charge in [-0.1, -0.05) is 0 Å². The van der Waals surface area contributed by atoms with Crippen molar-refractivity contribution in [2.75, 3.05) is 25.6 Å². The van der Waals surface area contributed by atoms with Gasteiger partial charge in [0.05, 0.1) is 0 Å². The summed E-state index contributed by atoms with van der Waals surface area (Å²) in [5.41, 5.74) is 1.51. The van der Waals surface area contributed by atoms with Gasteiger partial charge in [0.15, 0.2) is 0 Å². The molecule has 1 aromatic heterocycles. The van der Waals surface area contributed by atoms with E-state index in [2.05, 4.69) is 42.0 Å². The van der Waals surface area contributed by atoms with Crippen molar-refractivity contribution in [1.29, 1.82) is 0 Å². The van der Waals surface area contributed by atoms with Crippen LogP contribution in [0.1, 0.15) is 21.7 Å². The van der Waals surface area contributed by atoms with E-state index in [-0.39, 0.29) is 0 Å². The Morgan fingerprint density at radius 1 is 1.53 bits per heavy atom. The van der Waals surface area contributed by atoms with Gasteiger partial charge in [0.2, 0.25) is 0 Å². The largest absolute Gasteiger partial charge is 0.315 e. The molecule has 1 fully saturated rings. The second-order valence-electron chi connectivity index (χ2n) is 4.76. The molecule has 0 aliphatic carbocycles. The number of nitrogens with one attached hydrogen (secondary N) is 1. The molecule has 4 heteroatoms. The van der Waals surface area contributed by atoms with Crippen LogP contribution in [0.4, 0.5) is 0 Å². The number of rotatable bonds is 5. The lowest BCUT2D eigenvalue weighted by Crippen LogP contribution is -2.30. The number of thiophene rings is 1. The quantitative estimate of drug-likeness (QED) is 0.885. The van der Waals surface area contributed by atoms with Crippen LogP contribution in [-0.4, -0.2) is 36.5 Å². The zero-order valence-corrected chi connectivity index (χ0v) is 12.6. The third kappa shape index (κ3) is 3.47. The second kappa shape index (κ2) is 6.23. The third-order valence-electron chi connectivity index (χ3n) is 3.37. The topological polar surface area (TPSA) is 15.3 Å². The Kier molecular flexibility index (Phi) is 4.91. The standard InChI is InChI=1S/C13H22N2S2/c1-10-11(6-13(17-10)7-14-2)8-15(3)12-4-5-16-9-12/h6,12,14H,4-5,7-9H2,1-3H3. The maximum absolute atomic E-state index is 3.23. The fourth-order valence-corrected chi connectivity index (χ4v) is 4.64. The highest BCUT2D eigenvalue weighted by Gasteiger charge is 2.20. The minimum atomic E-state index is 0.784. The summed E-state index contributed by atoms with van der Waals surface area (Å²) in [5.74, 6) is 2.64. The first-order valence-corrected chi connectivity index (χ1v) is 8.18. The van der Waals surface area contributed by atoms with Crippen LogP contribution in [-0.2, 0) is 13.1 Å². The third-order valence-corrected chi connectivity index (χ3v) is 5.61. The van der Waals surface area contributed by atoms with E-state index in [4.69, 9.17) is 0 Å². The summed E-state index contributed by atoms with van der Waals surface area (Å²) >= 11 is 4.02. The highest BCUT2D eigenvalue weighted by Crippen LogP contribution is 2.26. The molecule has 1 aliphatic rings. The fourth-order valence-electron chi connectivity index (χ4n) is 2.27. The molecule has 0 aromatic carbocycles. The summed E-state index contributed by atoms with van der Waals surface area (Å²) in [6.45, 7) is 4.35. The van der Waals surface area contributed by atoms with E-state index in [1.807, 2.05) is 18.4 Å². The summed E-state index contributed by atoms with van der Waals surface area (Å²) in [6, 6.07) is 3.15. The van der Waals surface area contributed by atoms with Gasteiger partial charge < -0.3 is 5.32 Å². The Morgan fingerprint density at radius 3 is 3.00 bits per heavy atom. The molecule has 0 saturated carbocycles. The number of nitrogens with zero attached hydrogens (tertiary/aromatic N) is 1. The van der Waals surface area contributed by atoms with E-state index in [0.717, 1.165) is 19.1 Å². The van der Waals surface area contributed by atoms with Crippen molar-refractivity contribution < 1.29 is 0 Å². The van der Waals surface area contributed by atoms with Gasteiger partial charge in [-0.05, 0) is 44.8 Å². The molecule has 0 bridgehead atoms. The van der Waals surface area contributed by atoms with Crippen molar-refractivity contribution in [3.8, 4) is 0 Å². The lowest BCUT2D eigenvalue weighted by Gasteiger charge is -2.23.